The first-order valence-corrected chi connectivity index (χ1v) is 7.35. The van der Waals surface area contributed by atoms with E-state index < -0.39 is 12.1 Å². The maximum absolute atomic E-state index is 11.7. The maximum Gasteiger partial charge on any atom is 0.335 e. The van der Waals surface area contributed by atoms with Gasteiger partial charge in [0, 0.05) is 24.5 Å². The number of carbonyl (C=O) groups excluding carboxylic acids is 1. The van der Waals surface area contributed by atoms with Crippen molar-refractivity contribution in [3.05, 3.63) is 65.7 Å². The highest BCUT2D eigenvalue weighted by Gasteiger charge is 2.25. The van der Waals surface area contributed by atoms with Crippen LogP contribution in [-0.4, -0.2) is 17.2 Å². The number of esters is 1. The van der Waals surface area contributed by atoms with Crippen LogP contribution in [0.5, 0.6) is 5.75 Å². The van der Waals surface area contributed by atoms with E-state index in [2.05, 4.69) is 18.7 Å². The Labute approximate surface area is 129 Å². The fourth-order valence-corrected chi connectivity index (χ4v) is 2.98. The average Bonchev–Trinajstić information content (AvgIpc) is 2.88. The zero-order valence-electron chi connectivity index (χ0n) is 12.5. The molecule has 0 saturated heterocycles. The summed E-state index contributed by atoms with van der Waals surface area (Å²) in [4.78, 5) is 11.7. The molecule has 1 aliphatic rings. The number of aliphatic hydroxyl groups is 1. The molecule has 2 aromatic carbocycles. The van der Waals surface area contributed by atoms with Crippen LogP contribution in [0.3, 0.4) is 0 Å². The lowest BCUT2D eigenvalue weighted by atomic mass is 9.99. The van der Waals surface area contributed by atoms with Crippen LogP contribution in [0, 0.1) is 0 Å². The van der Waals surface area contributed by atoms with Crippen LogP contribution in [0.1, 0.15) is 23.6 Å². The second-order valence-corrected chi connectivity index (χ2v) is 5.59. The Morgan fingerprint density at radius 3 is 2.82 bits per heavy atom. The molecule has 0 radical (unpaired) electrons. The smallest absolute Gasteiger partial charge is 0.335 e. The molecule has 112 valence electrons. The van der Waals surface area contributed by atoms with E-state index in [0.29, 0.717) is 12.2 Å². The van der Waals surface area contributed by atoms with Gasteiger partial charge in [0.2, 0.25) is 0 Å². The summed E-state index contributed by atoms with van der Waals surface area (Å²) in [6, 6.07) is 12.2. The highest BCUT2D eigenvalue weighted by molar-refractivity contribution is 5.86. The Morgan fingerprint density at radius 2 is 2.09 bits per heavy atom. The van der Waals surface area contributed by atoms with Crippen molar-refractivity contribution >= 4 is 5.97 Å². The Morgan fingerprint density at radius 1 is 1.32 bits per heavy atom. The Balaban J connectivity index is 2.12. The van der Waals surface area contributed by atoms with Gasteiger partial charge in [0.25, 0.3) is 0 Å². The molecule has 3 rings (SSSR count). The van der Waals surface area contributed by atoms with Gasteiger partial charge in [0.05, 0.1) is 6.10 Å². The van der Waals surface area contributed by atoms with Gasteiger partial charge in [-0.1, -0.05) is 43.0 Å². The van der Waals surface area contributed by atoms with E-state index in [-0.39, 0.29) is 0 Å². The van der Waals surface area contributed by atoms with Crippen molar-refractivity contribution in [2.75, 3.05) is 0 Å². The number of rotatable bonds is 4. The normalized spacial score (nSPS) is 13.2. The van der Waals surface area contributed by atoms with E-state index >= 15 is 0 Å². The molecule has 0 bridgehead atoms. The third kappa shape index (κ3) is 2.55. The minimum atomic E-state index is -0.497. The van der Waals surface area contributed by atoms with Crippen molar-refractivity contribution in [1.29, 1.82) is 0 Å². The molecule has 1 atom stereocenters. The Bertz CT molecular complexity index is 744. The van der Waals surface area contributed by atoms with Gasteiger partial charge >= 0.3 is 5.97 Å². The van der Waals surface area contributed by atoms with Crippen LogP contribution in [-0.2, 0) is 17.6 Å². The molecule has 3 nitrogen and oxygen atoms in total. The minimum Gasteiger partial charge on any atom is -0.423 e. The number of benzene rings is 2. The summed E-state index contributed by atoms with van der Waals surface area (Å²) >= 11 is 0. The molecule has 0 heterocycles. The standard InChI is InChI=1S/C19H18O3/c1-3-18(21)22-19-14(10-12(2)20)8-9-16-15-7-5-4-6-13(15)11-17(16)19/h3-9,12,20H,1,10-11H2,2H3. The summed E-state index contributed by atoms with van der Waals surface area (Å²) in [6.07, 6.45) is 1.85. The summed E-state index contributed by atoms with van der Waals surface area (Å²) in [5.74, 6) is 0.0932. The van der Waals surface area contributed by atoms with Gasteiger partial charge in [-0.2, -0.15) is 0 Å². The predicted octanol–water partition coefficient (Wildman–Crippen LogP) is 3.27. The first-order chi connectivity index (χ1) is 10.6. The van der Waals surface area contributed by atoms with Crippen molar-refractivity contribution in [3.63, 3.8) is 0 Å². The second-order valence-electron chi connectivity index (χ2n) is 5.59. The lowest BCUT2D eigenvalue weighted by Crippen LogP contribution is -2.11. The molecule has 22 heavy (non-hydrogen) atoms. The topological polar surface area (TPSA) is 46.5 Å². The monoisotopic (exact) mass is 294 g/mol. The van der Waals surface area contributed by atoms with Crippen molar-refractivity contribution in [3.8, 4) is 16.9 Å². The first kappa shape index (κ1) is 14.5. The largest absolute Gasteiger partial charge is 0.423 e. The summed E-state index contributed by atoms with van der Waals surface area (Å²) < 4.78 is 5.50. The molecule has 1 aliphatic carbocycles. The van der Waals surface area contributed by atoms with Gasteiger partial charge in [-0.15, -0.1) is 0 Å². The van der Waals surface area contributed by atoms with Crippen LogP contribution in [0.25, 0.3) is 11.1 Å². The molecule has 0 saturated carbocycles. The van der Waals surface area contributed by atoms with Crippen LogP contribution >= 0.6 is 0 Å². The second kappa shape index (κ2) is 5.78. The zero-order valence-corrected chi connectivity index (χ0v) is 12.5. The van der Waals surface area contributed by atoms with Gasteiger partial charge in [-0.3, -0.25) is 0 Å². The number of aliphatic hydroxyl groups excluding tert-OH is 1. The molecule has 0 aliphatic heterocycles. The van der Waals surface area contributed by atoms with Gasteiger partial charge in [0.15, 0.2) is 0 Å². The molecule has 3 heteroatoms. The summed E-state index contributed by atoms with van der Waals surface area (Å²) in [5, 5.41) is 9.68. The summed E-state index contributed by atoms with van der Waals surface area (Å²) in [5.41, 5.74) is 5.35. The van der Waals surface area contributed by atoms with Gasteiger partial charge < -0.3 is 9.84 Å². The van der Waals surface area contributed by atoms with Crippen LogP contribution in [0.2, 0.25) is 0 Å². The average molecular weight is 294 g/mol. The SMILES string of the molecule is C=CC(=O)Oc1c(CC(C)O)ccc2c1Cc1ccccc1-2. The van der Waals surface area contributed by atoms with Gasteiger partial charge in [0.1, 0.15) is 5.75 Å². The number of carbonyl (C=O) groups is 1. The maximum atomic E-state index is 11.7. The minimum absolute atomic E-state index is 0.448. The molecular formula is C19H18O3. The number of hydrogen-bond acceptors (Lipinski definition) is 3. The highest BCUT2D eigenvalue weighted by Crippen LogP contribution is 2.43. The highest BCUT2D eigenvalue weighted by atomic mass is 16.5. The lowest BCUT2D eigenvalue weighted by Gasteiger charge is -2.15. The van der Waals surface area contributed by atoms with Crippen LogP contribution < -0.4 is 4.74 Å². The van der Waals surface area contributed by atoms with E-state index in [9.17, 15) is 9.90 Å². The predicted molar refractivity (Wildman–Crippen MR) is 85.9 cm³/mol. The fraction of sp³-hybridized carbons (Fsp3) is 0.211. The molecular weight excluding hydrogens is 276 g/mol. The van der Waals surface area contributed by atoms with Gasteiger partial charge in [-0.25, -0.2) is 4.79 Å². The molecule has 1 unspecified atom stereocenters. The number of ether oxygens (including phenoxy) is 1. The molecule has 0 aromatic heterocycles. The molecule has 1 N–H and O–H groups in total. The van der Waals surface area contributed by atoms with Crippen molar-refractivity contribution in [2.24, 2.45) is 0 Å². The van der Waals surface area contributed by atoms with E-state index in [0.717, 1.165) is 29.2 Å². The third-order valence-corrected chi connectivity index (χ3v) is 3.90. The van der Waals surface area contributed by atoms with Crippen LogP contribution in [0.15, 0.2) is 49.1 Å². The van der Waals surface area contributed by atoms with Crippen molar-refractivity contribution in [2.45, 2.75) is 25.9 Å². The van der Waals surface area contributed by atoms with E-state index in [1.165, 1.54) is 11.1 Å². The van der Waals surface area contributed by atoms with E-state index in [1.807, 2.05) is 24.3 Å². The van der Waals surface area contributed by atoms with Crippen molar-refractivity contribution < 1.29 is 14.6 Å². The van der Waals surface area contributed by atoms with Gasteiger partial charge in [-0.05, 0) is 29.2 Å². The summed E-state index contributed by atoms with van der Waals surface area (Å²) in [7, 11) is 0. The summed E-state index contributed by atoms with van der Waals surface area (Å²) in [6.45, 7) is 5.18. The lowest BCUT2D eigenvalue weighted by molar-refractivity contribution is -0.129. The third-order valence-electron chi connectivity index (χ3n) is 3.90. The van der Waals surface area contributed by atoms with Crippen molar-refractivity contribution in [1.82, 2.24) is 0 Å². The molecule has 2 aromatic rings. The zero-order chi connectivity index (χ0) is 15.7. The fourth-order valence-electron chi connectivity index (χ4n) is 2.98. The number of fused-ring (bicyclic) bond motifs is 3. The van der Waals surface area contributed by atoms with E-state index in [1.54, 1.807) is 6.92 Å². The number of hydrogen-bond donors (Lipinski definition) is 1. The Kier molecular flexibility index (Phi) is 3.82. The van der Waals surface area contributed by atoms with Crippen LogP contribution in [0.4, 0.5) is 0 Å². The first-order valence-electron chi connectivity index (χ1n) is 7.35. The van der Waals surface area contributed by atoms with E-state index in [4.69, 9.17) is 4.74 Å². The quantitative estimate of drug-likeness (QED) is 0.456. The molecule has 0 spiro atoms. The molecule has 0 amide bonds. The Hall–Kier alpha value is -2.39. The molecule has 0 fully saturated rings.